The second-order valence-corrected chi connectivity index (χ2v) is 14.7. The van der Waals surface area contributed by atoms with E-state index in [1.165, 1.54) is 55.7 Å². The third-order valence-corrected chi connectivity index (χ3v) is 13.2. The van der Waals surface area contributed by atoms with Crippen molar-refractivity contribution in [3.8, 4) is 22.3 Å². The van der Waals surface area contributed by atoms with E-state index < -0.39 is 23.2 Å². The SMILES string of the molecule is C1=C(c2ccccn2)[CH]([Zr][CH]2C(c3ccccn3)=Cc3c(-c4ccccc4)cccc32)c2cccc(-c3ccccc3)c21. The topological polar surface area (TPSA) is 25.8 Å². The fourth-order valence-electron chi connectivity index (χ4n) is 6.58. The van der Waals surface area contributed by atoms with Crippen molar-refractivity contribution in [1.82, 2.24) is 9.97 Å². The molecule has 202 valence electrons. The number of allylic oxidation sites excluding steroid dienone is 2. The van der Waals surface area contributed by atoms with E-state index in [0.29, 0.717) is 7.25 Å². The van der Waals surface area contributed by atoms with E-state index in [1.54, 1.807) is 0 Å². The monoisotopic (exact) mass is 626 g/mol. The predicted molar refractivity (Wildman–Crippen MR) is 173 cm³/mol. The average molecular weight is 628 g/mol. The molecule has 2 aliphatic carbocycles. The van der Waals surface area contributed by atoms with Crippen LogP contribution in [0.15, 0.2) is 146 Å². The first kappa shape index (κ1) is 26.2. The van der Waals surface area contributed by atoms with Gasteiger partial charge in [-0.25, -0.2) is 0 Å². The summed E-state index contributed by atoms with van der Waals surface area (Å²) in [7, 11) is 0. The number of benzene rings is 4. The third-order valence-electron chi connectivity index (χ3n) is 8.55. The van der Waals surface area contributed by atoms with Gasteiger partial charge in [0.05, 0.1) is 0 Å². The molecule has 0 radical (unpaired) electrons. The van der Waals surface area contributed by atoms with Crippen LogP contribution in [0.1, 0.15) is 40.9 Å². The van der Waals surface area contributed by atoms with Crippen LogP contribution in [0.5, 0.6) is 0 Å². The molecule has 2 unspecified atom stereocenters. The van der Waals surface area contributed by atoms with E-state index in [1.807, 2.05) is 24.5 Å². The summed E-state index contributed by atoms with van der Waals surface area (Å²) in [6.45, 7) is 0. The zero-order chi connectivity index (χ0) is 28.6. The van der Waals surface area contributed by atoms with Gasteiger partial charge in [0.2, 0.25) is 0 Å². The maximum absolute atomic E-state index is 4.88. The Morgan fingerprint density at radius 2 is 0.860 bits per heavy atom. The summed E-state index contributed by atoms with van der Waals surface area (Å²) in [5.41, 5.74) is 15.6. The normalized spacial score (nSPS) is 16.7. The molecule has 6 aromatic rings. The molecule has 0 fully saturated rings. The van der Waals surface area contributed by atoms with Crippen LogP contribution in [0.4, 0.5) is 0 Å². The first-order chi connectivity index (χ1) is 21.3. The fourth-order valence-corrected chi connectivity index (χ4v) is 11.5. The number of hydrogen-bond donors (Lipinski definition) is 0. The number of aromatic nitrogens is 2. The number of rotatable bonds is 6. The van der Waals surface area contributed by atoms with Gasteiger partial charge >= 0.3 is 266 Å². The van der Waals surface area contributed by atoms with Gasteiger partial charge in [0.25, 0.3) is 0 Å². The van der Waals surface area contributed by atoms with Crippen molar-refractivity contribution in [1.29, 1.82) is 0 Å². The van der Waals surface area contributed by atoms with E-state index in [4.69, 9.17) is 9.97 Å². The zero-order valence-corrected chi connectivity index (χ0v) is 26.0. The van der Waals surface area contributed by atoms with Crippen molar-refractivity contribution in [2.75, 3.05) is 0 Å². The van der Waals surface area contributed by atoms with Crippen LogP contribution in [0, 0.1) is 0 Å². The quantitative estimate of drug-likeness (QED) is 0.184. The molecule has 0 saturated carbocycles. The summed E-state index contributed by atoms with van der Waals surface area (Å²) < 4.78 is 0.723. The molecule has 0 spiro atoms. The molecule has 4 aromatic carbocycles. The maximum atomic E-state index is 4.88. The predicted octanol–water partition coefficient (Wildman–Crippen LogP) is 9.78. The van der Waals surface area contributed by atoms with E-state index in [-0.39, 0.29) is 0 Å². The molecule has 3 heteroatoms. The van der Waals surface area contributed by atoms with Gasteiger partial charge in [-0.1, -0.05) is 0 Å². The Hall–Kier alpha value is -4.46. The molecule has 2 nitrogen and oxygen atoms in total. The van der Waals surface area contributed by atoms with Crippen LogP contribution in [0.3, 0.4) is 0 Å². The molecule has 0 N–H and O–H groups in total. The molecule has 0 amide bonds. The molecule has 2 heterocycles. The third kappa shape index (κ3) is 4.79. The fraction of sp³-hybridized carbons (Fsp3) is 0.0500. The van der Waals surface area contributed by atoms with Gasteiger partial charge in [-0.2, -0.15) is 0 Å². The Labute approximate surface area is 264 Å². The van der Waals surface area contributed by atoms with Crippen LogP contribution in [0.2, 0.25) is 0 Å². The number of fused-ring (bicyclic) bond motifs is 2. The van der Waals surface area contributed by atoms with Crippen molar-refractivity contribution in [3.05, 3.63) is 179 Å². The molecule has 0 saturated heterocycles. The second-order valence-electron chi connectivity index (χ2n) is 11.0. The van der Waals surface area contributed by atoms with Gasteiger partial charge in [0.1, 0.15) is 0 Å². The van der Waals surface area contributed by atoms with Crippen LogP contribution < -0.4 is 0 Å². The summed E-state index contributed by atoms with van der Waals surface area (Å²) >= 11 is -1.24. The first-order valence-corrected chi connectivity index (χ1v) is 17.6. The molecule has 0 bridgehead atoms. The van der Waals surface area contributed by atoms with Gasteiger partial charge in [-0.3, -0.25) is 0 Å². The molecular formula is C40H28N2Zr. The Morgan fingerprint density at radius 3 is 1.28 bits per heavy atom. The summed E-state index contributed by atoms with van der Waals surface area (Å²) in [4.78, 5) is 9.76. The Bertz CT molecular complexity index is 1840. The summed E-state index contributed by atoms with van der Waals surface area (Å²) in [6.07, 6.45) is 8.73. The summed E-state index contributed by atoms with van der Waals surface area (Å²) in [6, 6.07) is 47.9. The molecule has 2 aliphatic rings. The van der Waals surface area contributed by atoms with E-state index in [9.17, 15) is 0 Å². The summed E-state index contributed by atoms with van der Waals surface area (Å²) in [5, 5.41) is 0. The van der Waals surface area contributed by atoms with Crippen molar-refractivity contribution in [3.63, 3.8) is 0 Å². The van der Waals surface area contributed by atoms with Crippen LogP contribution >= 0.6 is 0 Å². The molecule has 0 aliphatic heterocycles. The minimum atomic E-state index is -1.24. The van der Waals surface area contributed by atoms with Crippen LogP contribution in [-0.4, -0.2) is 9.97 Å². The van der Waals surface area contributed by atoms with E-state index in [0.717, 1.165) is 11.4 Å². The first-order valence-electron chi connectivity index (χ1n) is 14.7. The van der Waals surface area contributed by atoms with Gasteiger partial charge in [-0.05, 0) is 0 Å². The van der Waals surface area contributed by atoms with Gasteiger partial charge in [0, 0.05) is 0 Å². The standard InChI is InChI=1S/2C20H14N.Zr/c2*1-2-7-15(8-3-1)18-10-6-9-16-13-17(14-19(16)18)20-11-4-5-12-21-20;/h2*1-14H;. The molecule has 2 atom stereocenters. The minimum absolute atomic E-state index is 0.362. The van der Waals surface area contributed by atoms with E-state index >= 15 is 0 Å². The molecular weight excluding hydrogens is 600 g/mol. The summed E-state index contributed by atoms with van der Waals surface area (Å²) in [5.74, 6) is 0. The van der Waals surface area contributed by atoms with Crippen molar-refractivity contribution in [2.24, 2.45) is 0 Å². The zero-order valence-electron chi connectivity index (χ0n) is 23.6. The number of nitrogens with zero attached hydrogens (tertiary/aromatic N) is 2. The van der Waals surface area contributed by atoms with Crippen molar-refractivity contribution in [2.45, 2.75) is 7.25 Å². The molecule has 43 heavy (non-hydrogen) atoms. The Morgan fingerprint density at radius 1 is 0.419 bits per heavy atom. The number of pyridine rings is 2. The molecule has 2 aromatic heterocycles. The Balaban J connectivity index is 1.29. The van der Waals surface area contributed by atoms with Gasteiger partial charge < -0.3 is 0 Å². The van der Waals surface area contributed by atoms with E-state index in [2.05, 4.69) is 133 Å². The van der Waals surface area contributed by atoms with Crippen LogP contribution in [-0.2, 0) is 23.2 Å². The Kier molecular flexibility index (Phi) is 6.90. The van der Waals surface area contributed by atoms with Crippen molar-refractivity contribution >= 4 is 23.3 Å². The van der Waals surface area contributed by atoms with Crippen molar-refractivity contribution < 1.29 is 23.2 Å². The van der Waals surface area contributed by atoms with Crippen LogP contribution in [0.25, 0.3) is 45.6 Å². The molecule has 8 rings (SSSR count). The number of hydrogen-bond acceptors (Lipinski definition) is 2. The average Bonchev–Trinajstić information content (AvgIpc) is 3.65. The van der Waals surface area contributed by atoms with Gasteiger partial charge in [-0.15, -0.1) is 0 Å². The second kappa shape index (κ2) is 11.3. The van der Waals surface area contributed by atoms with Gasteiger partial charge in [0.15, 0.2) is 0 Å².